The van der Waals surface area contributed by atoms with Crippen molar-refractivity contribution in [1.82, 2.24) is 19.5 Å². The van der Waals surface area contributed by atoms with Crippen LogP contribution in [0, 0.1) is 5.92 Å². The largest absolute Gasteiger partial charge is 0.463 e. The highest BCUT2D eigenvalue weighted by Gasteiger charge is 2.40. The van der Waals surface area contributed by atoms with E-state index in [2.05, 4.69) is 15.0 Å². The second-order valence-corrected chi connectivity index (χ2v) is 7.66. The second kappa shape index (κ2) is 9.25. The highest BCUT2D eigenvalue weighted by molar-refractivity contribution is 5.81. The average molecular weight is 435 g/mol. The molecule has 0 aliphatic carbocycles. The molecule has 3 heterocycles. The molecule has 0 amide bonds. The average Bonchev–Trinajstić information content (AvgIpc) is 3.28. The van der Waals surface area contributed by atoms with Crippen LogP contribution < -0.4 is 11.3 Å². The fourth-order valence-corrected chi connectivity index (χ4v) is 3.14. The maximum Gasteiger partial charge on any atom is 0.308 e. The van der Waals surface area contributed by atoms with Gasteiger partial charge in [-0.3, -0.25) is 23.9 Å². The van der Waals surface area contributed by atoms with Crippen LogP contribution >= 0.6 is 0 Å². The first kappa shape index (κ1) is 22.4. The van der Waals surface area contributed by atoms with Crippen molar-refractivity contribution in [2.45, 2.75) is 58.5 Å². The number of ketones is 1. The zero-order chi connectivity index (χ0) is 22.7. The zero-order valence-corrected chi connectivity index (χ0v) is 17.5. The van der Waals surface area contributed by atoms with Crippen LogP contribution in [0.3, 0.4) is 0 Å². The van der Waals surface area contributed by atoms with Crippen molar-refractivity contribution in [3.8, 4) is 0 Å². The van der Waals surface area contributed by atoms with Crippen LogP contribution in [0.15, 0.2) is 11.1 Å². The molecule has 0 bridgehead atoms. The van der Waals surface area contributed by atoms with E-state index in [0.717, 1.165) is 0 Å². The van der Waals surface area contributed by atoms with Gasteiger partial charge in [0.25, 0.3) is 5.56 Å². The molecule has 2 aromatic heterocycles. The predicted molar refractivity (Wildman–Crippen MR) is 107 cm³/mol. The van der Waals surface area contributed by atoms with E-state index in [4.69, 9.17) is 19.9 Å². The quantitative estimate of drug-likeness (QED) is 0.556. The number of carbonyl (C=O) groups is 3. The van der Waals surface area contributed by atoms with E-state index in [0.29, 0.717) is 0 Å². The third kappa shape index (κ3) is 5.26. The lowest BCUT2D eigenvalue weighted by Gasteiger charge is -2.19. The van der Waals surface area contributed by atoms with Gasteiger partial charge < -0.3 is 24.7 Å². The summed E-state index contributed by atoms with van der Waals surface area (Å²) in [5, 5.41) is 0. The number of aromatic amines is 1. The minimum absolute atomic E-state index is 0.0591. The lowest BCUT2D eigenvalue weighted by Crippen LogP contribution is -2.32. The summed E-state index contributed by atoms with van der Waals surface area (Å²) in [6, 6.07) is 0. The van der Waals surface area contributed by atoms with E-state index in [1.165, 1.54) is 17.8 Å². The number of imidazole rings is 1. The molecule has 0 radical (unpaired) electrons. The number of Topliss-reactive ketones (excluding diaryl/α,β-unsaturated/α-hetero) is 1. The van der Waals surface area contributed by atoms with Gasteiger partial charge in [0.05, 0.1) is 18.7 Å². The first-order valence-electron chi connectivity index (χ1n) is 9.89. The van der Waals surface area contributed by atoms with Crippen molar-refractivity contribution >= 4 is 34.8 Å². The minimum Gasteiger partial charge on any atom is -0.463 e. The molecule has 0 aromatic carbocycles. The molecule has 3 N–H and O–H groups in total. The maximum atomic E-state index is 12.2. The predicted octanol–water partition coefficient (Wildman–Crippen LogP) is 0.470. The zero-order valence-electron chi connectivity index (χ0n) is 17.5. The van der Waals surface area contributed by atoms with E-state index in [-0.39, 0.29) is 54.7 Å². The number of nitrogen functional groups attached to an aromatic ring is 1. The second-order valence-electron chi connectivity index (χ2n) is 7.66. The summed E-state index contributed by atoms with van der Waals surface area (Å²) in [5.41, 5.74) is 5.45. The van der Waals surface area contributed by atoms with Crippen molar-refractivity contribution in [3.63, 3.8) is 0 Å². The molecule has 2 aromatic rings. The van der Waals surface area contributed by atoms with Gasteiger partial charge in [-0.25, -0.2) is 4.98 Å². The van der Waals surface area contributed by atoms with Gasteiger partial charge in [-0.05, 0) is 6.92 Å². The Labute approximate surface area is 177 Å². The molecule has 3 atom stereocenters. The number of nitrogens with zero attached hydrogens (tertiary/aromatic N) is 3. The summed E-state index contributed by atoms with van der Waals surface area (Å²) in [4.78, 5) is 57.7. The fraction of sp³-hybridized carbons (Fsp3) is 0.579. The van der Waals surface area contributed by atoms with Gasteiger partial charge in [0.15, 0.2) is 11.2 Å². The van der Waals surface area contributed by atoms with Crippen LogP contribution in [-0.4, -0.2) is 56.1 Å². The highest BCUT2D eigenvalue weighted by atomic mass is 16.6. The number of rotatable bonds is 8. The summed E-state index contributed by atoms with van der Waals surface area (Å²) >= 11 is 0. The number of fused-ring (bicyclic) bond motifs is 1. The number of hydrogen-bond donors (Lipinski definition) is 2. The van der Waals surface area contributed by atoms with Gasteiger partial charge in [-0.15, -0.1) is 0 Å². The molecule has 1 fully saturated rings. The van der Waals surface area contributed by atoms with Crippen molar-refractivity contribution in [3.05, 3.63) is 16.7 Å². The van der Waals surface area contributed by atoms with Gasteiger partial charge in [0.1, 0.15) is 30.8 Å². The van der Waals surface area contributed by atoms with Crippen LogP contribution in [0.25, 0.3) is 11.2 Å². The number of esters is 2. The van der Waals surface area contributed by atoms with Crippen molar-refractivity contribution in [2.75, 3.05) is 12.3 Å². The highest BCUT2D eigenvalue weighted by Crippen LogP contribution is 2.33. The van der Waals surface area contributed by atoms with Gasteiger partial charge in [0.2, 0.25) is 5.95 Å². The third-order valence-electron chi connectivity index (χ3n) is 4.77. The van der Waals surface area contributed by atoms with Crippen molar-refractivity contribution in [2.24, 2.45) is 5.92 Å². The molecule has 1 aliphatic rings. The smallest absolute Gasteiger partial charge is 0.308 e. The summed E-state index contributed by atoms with van der Waals surface area (Å²) in [6.45, 7) is 4.66. The van der Waals surface area contributed by atoms with Gasteiger partial charge in [0, 0.05) is 12.8 Å². The first-order chi connectivity index (χ1) is 14.7. The summed E-state index contributed by atoms with van der Waals surface area (Å²) in [5.74, 6) is -1.50. The number of nitrogens with two attached hydrogens (primary N) is 1. The number of anilines is 1. The van der Waals surface area contributed by atoms with Crippen molar-refractivity contribution < 1.29 is 28.6 Å². The first-order valence-corrected chi connectivity index (χ1v) is 9.89. The Morgan fingerprint density at radius 1 is 1.35 bits per heavy atom. The van der Waals surface area contributed by atoms with Crippen LogP contribution in [0.4, 0.5) is 5.95 Å². The topological polar surface area (TPSA) is 168 Å². The monoisotopic (exact) mass is 435 g/mol. The van der Waals surface area contributed by atoms with Gasteiger partial charge in [-0.1, -0.05) is 13.8 Å². The standard InChI is InChI=1S/C19H25N5O7/c1-9(2)18(28)29-7-12-11(31-14(26)5-4-10(3)25)6-13(30-12)24-8-21-15-16(24)22-19(20)23-17(15)27/h8-9,11-13H,4-7H2,1-3H3,(H3,20,22,23,27)/t11-,12+,13+/m0/s1. The van der Waals surface area contributed by atoms with Gasteiger partial charge in [-0.2, -0.15) is 4.98 Å². The molecule has 12 heteroatoms. The van der Waals surface area contributed by atoms with Crippen molar-refractivity contribution in [1.29, 1.82) is 0 Å². The SMILES string of the molecule is CC(=O)CCC(=O)O[C@H]1C[C@H](n2cnc3c(=O)[nH]c(N)nc32)O[C@@H]1COC(=O)C(C)C. The molecule has 1 aliphatic heterocycles. The fourth-order valence-electron chi connectivity index (χ4n) is 3.14. The summed E-state index contributed by atoms with van der Waals surface area (Å²) in [6.07, 6.45) is -0.569. The molecule has 31 heavy (non-hydrogen) atoms. The number of aromatic nitrogens is 4. The van der Waals surface area contributed by atoms with E-state index < -0.39 is 35.9 Å². The Bertz CT molecular complexity index is 1040. The molecule has 0 unspecified atom stereocenters. The Balaban J connectivity index is 1.80. The molecular weight excluding hydrogens is 410 g/mol. The van der Waals surface area contributed by atoms with Gasteiger partial charge >= 0.3 is 11.9 Å². The number of H-pyrrole nitrogens is 1. The number of nitrogens with one attached hydrogen (secondary N) is 1. The summed E-state index contributed by atoms with van der Waals surface area (Å²) in [7, 11) is 0. The summed E-state index contributed by atoms with van der Waals surface area (Å²) < 4.78 is 18.3. The maximum absolute atomic E-state index is 12.2. The number of carbonyl (C=O) groups excluding carboxylic acids is 3. The van der Waals surface area contributed by atoms with E-state index in [9.17, 15) is 19.2 Å². The Kier molecular flexibility index (Phi) is 6.68. The lowest BCUT2D eigenvalue weighted by atomic mass is 10.1. The molecule has 0 spiro atoms. The number of ether oxygens (including phenoxy) is 3. The molecule has 3 rings (SSSR count). The molecule has 1 saturated heterocycles. The van der Waals surface area contributed by atoms with E-state index in [1.807, 2.05) is 0 Å². The Morgan fingerprint density at radius 3 is 2.77 bits per heavy atom. The Hall–Kier alpha value is -3.28. The number of hydrogen-bond acceptors (Lipinski definition) is 10. The van der Waals surface area contributed by atoms with Crippen LogP contribution in [0.2, 0.25) is 0 Å². The van der Waals surface area contributed by atoms with Crippen LogP contribution in [0.5, 0.6) is 0 Å². The molecule has 0 saturated carbocycles. The normalized spacial score (nSPS) is 20.8. The Morgan fingerprint density at radius 2 is 2.10 bits per heavy atom. The lowest BCUT2D eigenvalue weighted by molar-refractivity contribution is -0.160. The third-order valence-corrected chi connectivity index (χ3v) is 4.77. The van der Waals surface area contributed by atoms with Crippen LogP contribution in [0.1, 0.15) is 46.3 Å². The van der Waals surface area contributed by atoms with E-state index in [1.54, 1.807) is 13.8 Å². The minimum atomic E-state index is -0.745. The molecular formula is C19H25N5O7. The molecule has 168 valence electrons. The van der Waals surface area contributed by atoms with E-state index >= 15 is 0 Å². The van der Waals surface area contributed by atoms with Crippen LogP contribution in [-0.2, 0) is 28.6 Å². The molecule has 12 nitrogen and oxygen atoms in total.